The van der Waals surface area contributed by atoms with Crippen LogP contribution in [0.4, 0.5) is 0 Å². The van der Waals surface area contributed by atoms with Crippen LogP contribution in [0.15, 0.2) is 0 Å². The minimum Gasteiger partial charge on any atom is -0.480 e. The first kappa shape index (κ1) is 10.4. The molecule has 0 aliphatic rings. The third-order valence-electron chi connectivity index (χ3n) is 1.90. The Morgan fingerprint density at radius 3 is 2.36 bits per heavy atom. The van der Waals surface area contributed by atoms with Gasteiger partial charge in [0.2, 0.25) is 0 Å². The summed E-state index contributed by atoms with van der Waals surface area (Å²) in [4.78, 5) is 10.5. The standard InChI is InChI=1S/C7H16N2O2/c1-7(2,3-4-8)5(9)6(10)11/h5H,3-4,8-9H2,1-2H3,(H,10,11)/t5-/m1/s1. The van der Waals surface area contributed by atoms with Crippen molar-refractivity contribution in [3.05, 3.63) is 0 Å². The van der Waals surface area contributed by atoms with Crippen LogP contribution in [0.5, 0.6) is 0 Å². The van der Waals surface area contributed by atoms with Crippen molar-refractivity contribution in [3.8, 4) is 0 Å². The zero-order chi connectivity index (χ0) is 9.07. The van der Waals surface area contributed by atoms with Gasteiger partial charge in [-0.05, 0) is 18.4 Å². The minimum absolute atomic E-state index is 0.416. The Kier molecular flexibility index (Phi) is 3.48. The Hall–Kier alpha value is -0.610. The molecule has 0 bridgehead atoms. The second-order valence-electron chi connectivity index (χ2n) is 3.34. The Bertz CT molecular complexity index is 145. The Balaban J connectivity index is 4.16. The van der Waals surface area contributed by atoms with Crippen LogP contribution >= 0.6 is 0 Å². The fourth-order valence-electron chi connectivity index (χ4n) is 0.862. The summed E-state index contributed by atoms with van der Waals surface area (Å²) >= 11 is 0. The van der Waals surface area contributed by atoms with Crippen LogP contribution in [-0.4, -0.2) is 23.7 Å². The fourth-order valence-corrected chi connectivity index (χ4v) is 0.862. The SMILES string of the molecule is CC(C)(CCN)[C@H](N)C(=O)O. The molecular weight excluding hydrogens is 144 g/mol. The quantitative estimate of drug-likeness (QED) is 0.530. The van der Waals surface area contributed by atoms with Gasteiger partial charge in [-0.15, -0.1) is 0 Å². The fraction of sp³-hybridized carbons (Fsp3) is 0.857. The van der Waals surface area contributed by atoms with Crippen molar-refractivity contribution in [3.63, 3.8) is 0 Å². The van der Waals surface area contributed by atoms with Gasteiger partial charge in [0.05, 0.1) is 0 Å². The van der Waals surface area contributed by atoms with Crippen LogP contribution in [0.1, 0.15) is 20.3 Å². The Labute approximate surface area is 66.6 Å². The average Bonchev–Trinajstić information content (AvgIpc) is 1.86. The van der Waals surface area contributed by atoms with Gasteiger partial charge in [-0.25, -0.2) is 0 Å². The minimum atomic E-state index is -0.969. The maximum absolute atomic E-state index is 10.5. The lowest BCUT2D eigenvalue weighted by Crippen LogP contribution is -2.44. The normalized spacial score (nSPS) is 14.5. The van der Waals surface area contributed by atoms with Gasteiger partial charge in [0, 0.05) is 0 Å². The number of hydrogen-bond acceptors (Lipinski definition) is 3. The van der Waals surface area contributed by atoms with E-state index in [9.17, 15) is 4.79 Å². The van der Waals surface area contributed by atoms with E-state index in [0.29, 0.717) is 13.0 Å². The zero-order valence-electron chi connectivity index (χ0n) is 7.00. The number of aliphatic carboxylic acids is 1. The second-order valence-corrected chi connectivity index (χ2v) is 3.34. The first-order valence-electron chi connectivity index (χ1n) is 3.60. The van der Waals surface area contributed by atoms with Crippen LogP contribution in [0.2, 0.25) is 0 Å². The molecule has 0 spiro atoms. The van der Waals surface area contributed by atoms with E-state index < -0.39 is 17.4 Å². The maximum Gasteiger partial charge on any atom is 0.321 e. The van der Waals surface area contributed by atoms with Crippen molar-refractivity contribution in [2.24, 2.45) is 16.9 Å². The first-order chi connectivity index (χ1) is 4.91. The lowest BCUT2D eigenvalue weighted by atomic mass is 9.82. The summed E-state index contributed by atoms with van der Waals surface area (Å²) in [6, 6.07) is -0.828. The van der Waals surface area contributed by atoms with E-state index in [4.69, 9.17) is 16.6 Å². The molecule has 0 fully saturated rings. The molecule has 66 valence electrons. The van der Waals surface area contributed by atoms with Crippen molar-refractivity contribution in [2.45, 2.75) is 26.3 Å². The Morgan fingerprint density at radius 1 is 1.64 bits per heavy atom. The van der Waals surface area contributed by atoms with Gasteiger partial charge in [-0.3, -0.25) is 4.79 Å². The van der Waals surface area contributed by atoms with Crippen molar-refractivity contribution in [2.75, 3.05) is 6.54 Å². The molecule has 0 aliphatic heterocycles. The van der Waals surface area contributed by atoms with E-state index >= 15 is 0 Å². The van der Waals surface area contributed by atoms with Crippen LogP contribution in [0.3, 0.4) is 0 Å². The zero-order valence-corrected chi connectivity index (χ0v) is 7.00. The molecule has 0 aromatic carbocycles. The summed E-state index contributed by atoms with van der Waals surface area (Å²) in [5.41, 5.74) is 10.3. The molecule has 4 heteroatoms. The molecule has 0 aliphatic carbocycles. The summed E-state index contributed by atoms with van der Waals surface area (Å²) in [6.07, 6.45) is 0.625. The van der Waals surface area contributed by atoms with Crippen LogP contribution < -0.4 is 11.5 Å². The maximum atomic E-state index is 10.5. The van der Waals surface area contributed by atoms with Gasteiger partial charge in [0.25, 0.3) is 0 Å². The van der Waals surface area contributed by atoms with Gasteiger partial charge in [-0.2, -0.15) is 0 Å². The molecule has 0 unspecified atom stereocenters. The monoisotopic (exact) mass is 160 g/mol. The molecule has 11 heavy (non-hydrogen) atoms. The molecule has 0 aromatic rings. The van der Waals surface area contributed by atoms with Crippen molar-refractivity contribution >= 4 is 5.97 Å². The smallest absolute Gasteiger partial charge is 0.321 e. The van der Waals surface area contributed by atoms with Crippen LogP contribution in [-0.2, 0) is 4.79 Å². The van der Waals surface area contributed by atoms with Gasteiger partial charge in [0.15, 0.2) is 0 Å². The van der Waals surface area contributed by atoms with E-state index in [1.807, 2.05) is 0 Å². The highest BCUT2D eigenvalue weighted by molar-refractivity contribution is 5.74. The van der Waals surface area contributed by atoms with Crippen LogP contribution in [0, 0.1) is 5.41 Å². The number of carboxylic acids is 1. The lowest BCUT2D eigenvalue weighted by molar-refractivity contribution is -0.141. The summed E-state index contributed by atoms with van der Waals surface area (Å²) < 4.78 is 0. The van der Waals surface area contributed by atoms with Crippen molar-refractivity contribution in [1.82, 2.24) is 0 Å². The number of carbonyl (C=O) groups is 1. The number of carboxylic acid groups (broad SMARTS) is 1. The van der Waals surface area contributed by atoms with E-state index in [1.54, 1.807) is 13.8 Å². The molecule has 1 atom stereocenters. The Morgan fingerprint density at radius 2 is 2.09 bits per heavy atom. The van der Waals surface area contributed by atoms with Gasteiger partial charge in [-0.1, -0.05) is 13.8 Å². The van der Waals surface area contributed by atoms with E-state index in [0.717, 1.165) is 0 Å². The predicted octanol–water partition coefficient (Wildman–Crippen LogP) is -0.227. The van der Waals surface area contributed by atoms with E-state index in [1.165, 1.54) is 0 Å². The average molecular weight is 160 g/mol. The number of hydrogen-bond donors (Lipinski definition) is 3. The third-order valence-corrected chi connectivity index (χ3v) is 1.90. The summed E-state index contributed by atoms with van der Waals surface area (Å²) in [5.74, 6) is -0.969. The molecule has 0 rings (SSSR count). The molecule has 0 radical (unpaired) electrons. The molecule has 0 saturated heterocycles. The second kappa shape index (κ2) is 3.69. The summed E-state index contributed by atoms with van der Waals surface area (Å²) in [5, 5.41) is 8.58. The number of rotatable bonds is 4. The van der Waals surface area contributed by atoms with Crippen molar-refractivity contribution < 1.29 is 9.90 Å². The number of nitrogens with two attached hydrogens (primary N) is 2. The summed E-state index contributed by atoms with van der Waals surface area (Å²) in [6.45, 7) is 4.07. The third kappa shape index (κ3) is 2.86. The lowest BCUT2D eigenvalue weighted by Gasteiger charge is -2.27. The largest absolute Gasteiger partial charge is 0.480 e. The highest BCUT2D eigenvalue weighted by Crippen LogP contribution is 2.22. The van der Waals surface area contributed by atoms with Crippen molar-refractivity contribution in [1.29, 1.82) is 0 Å². The van der Waals surface area contributed by atoms with E-state index in [-0.39, 0.29) is 0 Å². The molecule has 0 saturated carbocycles. The molecule has 0 aromatic heterocycles. The molecule has 0 amide bonds. The first-order valence-corrected chi connectivity index (χ1v) is 3.60. The topological polar surface area (TPSA) is 89.3 Å². The molecular formula is C7H16N2O2. The molecule has 4 nitrogen and oxygen atoms in total. The highest BCUT2D eigenvalue weighted by atomic mass is 16.4. The molecule has 5 N–H and O–H groups in total. The van der Waals surface area contributed by atoms with Crippen LogP contribution in [0.25, 0.3) is 0 Å². The summed E-state index contributed by atoms with van der Waals surface area (Å²) in [7, 11) is 0. The van der Waals surface area contributed by atoms with Gasteiger partial charge < -0.3 is 16.6 Å². The molecule has 0 heterocycles. The highest BCUT2D eigenvalue weighted by Gasteiger charge is 2.30. The predicted molar refractivity (Wildman–Crippen MR) is 43.1 cm³/mol. The van der Waals surface area contributed by atoms with Gasteiger partial charge >= 0.3 is 5.97 Å². The van der Waals surface area contributed by atoms with E-state index in [2.05, 4.69) is 0 Å². The van der Waals surface area contributed by atoms with Gasteiger partial charge in [0.1, 0.15) is 6.04 Å².